The second-order valence-electron chi connectivity index (χ2n) is 5.88. The van der Waals surface area contributed by atoms with Crippen LogP contribution in [0.3, 0.4) is 0 Å². The number of rotatable bonds is 3. The summed E-state index contributed by atoms with van der Waals surface area (Å²) < 4.78 is 44.2. The predicted molar refractivity (Wildman–Crippen MR) is 73.6 cm³/mol. The first kappa shape index (κ1) is 15.9. The van der Waals surface area contributed by atoms with E-state index in [0.29, 0.717) is 11.8 Å². The Morgan fingerprint density at radius 3 is 2.33 bits per heavy atom. The van der Waals surface area contributed by atoms with Crippen molar-refractivity contribution in [1.82, 2.24) is 4.98 Å². The highest BCUT2D eigenvalue weighted by Gasteiger charge is 2.32. The van der Waals surface area contributed by atoms with Crippen molar-refractivity contribution in [2.24, 2.45) is 17.7 Å². The molecule has 3 N–H and O–H groups in total. The summed E-state index contributed by atoms with van der Waals surface area (Å²) in [7, 11) is 0. The summed E-state index contributed by atoms with van der Waals surface area (Å²) in [6.07, 6.45) is -1.79. The van der Waals surface area contributed by atoms with Crippen LogP contribution in [-0.4, -0.2) is 11.1 Å². The molecule has 0 aromatic carbocycles. The van der Waals surface area contributed by atoms with Crippen LogP contribution in [0.5, 0.6) is 5.88 Å². The number of nitrogens with two attached hydrogens (primary N) is 1. The lowest BCUT2D eigenvalue weighted by Crippen LogP contribution is -2.29. The fourth-order valence-corrected chi connectivity index (χ4v) is 2.94. The van der Waals surface area contributed by atoms with Crippen LogP contribution >= 0.6 is 0 Å². The van der Waals surface area contributed by atoms with Gasteiger partial charge in [0, 0.05) is 6.07 Å². The van der Waals surface area contributed by atoms with Gasteiger partial charge in [-0.2, -0.15) is 18.2 Å². The summed E-state index contributed by atoms with van der Waals surface area (Å²) in [5.41, 5.74) is 1.32. The Hall–Kier alpha value is -1.50. The molecule has 4 nitrogen and oxygen atoms in total. The molecule has 0 amide bonds. The first-order chi connectivity index (χ1) is 9.77. The summed E-state index contributed by atoms with van der Waals surface area (Å²) in [6, 6.07) is 1.78. The number of aromatic nitrogens is 1. The minimum Gasteiger partial charge on any atom is -0.474 e. The topological polar surface area (TPSA) is 60.2 Å². The number of anilines is 1. The maximum atomic E-state index is 12.8. The van der Waals surface area contributed by atoms with Crippen molar-refractivity contribution < 1.29 is 17.9 Å². The Bertz CT molecular complexity index is 483. The maximum absolute atomic E-state index is 12.8. The molecular formula is C14H20F3N3O. The zero-order valence-corrected chi connectivity index (χ0v) is 12.1. The first-order valence-corrected chi connectivity index (χ1v) is 7.00. The van der Waals surface area contributed by atoms with Crippen LogP contribution in [0, 0.1) is 11.8 Å². The molecule has 1 aromatic rings. The summed E-state index contributed by atoms with van der Waals surface area (Å²) in [5, 5.41) is 0. The molecule has 2 unspecified atom stereocenters. The number of nitrogen functional groups attached to an aromatic ring is 1. The van der Waals surface area contributed by atoms with Crippen LogP contribution in [-0.2, 0) is 6.18 Å². The molecule has 1 aliphatic rings. The normalized spacial score (nSPS) is 26.5. The Balaban J connectivity index is 2.19. The fourth-order valence-electron chi connectivity index (χ4n) is 2.94. The second kappa shape index (κ2) is 6.09. The van der Waals surface area contributed by atoms with E-state index >= 15 is 0 Å². The molecule has 0 aliphatic heterocycles. The summed E-state index contributed by atoms with van der Waals surface area (Å²) >= 11 is 0. The van der Waals surface area contributed by atoms with Crippen LogP contribution in [0.4, 0.5) is 19.0 Å². The molecular weight excluding hydrogens is 283 g/mol. The van der Waals surface area contributed by atoms with Gasteiger partial charge in [-0.3, -0.25) is 0 Å². The summed E-state index contributed by atoms with van der Waals surface area (Å²) in [6.45, 7) is 4.25. The Morgan fingerprint density at radius 2 is 1.81 bits per heavy atom. The third kappa shape index (κ3) is 4.23. The van der Waals surface area contributed by atoms with Crippen molar-refractivity contribution in [2.45, 2.75) is 45.4 Å². The molecule has 2 atom stereocenters. The molecule has 0 bridgehead atoms. The molecule has 1 heterocycles. The highest BCUT2D eigenvalue weighted by atomic mass is 19.4. The highest BCUT2D eigenvalue weighted by molar-refractivity contribution is 5.41. The monoisotopic (exact) mass is 303 g/mol. The van der Waals surface area contributed by atoms with Gasteiger partial charge < -0.3 is 10.2 Å². The van der Waals surface area contributed by atoms with Gasteiger partial charge in [0.2, 0.25) is 5.88 Å². The average Bonchev–Trinajstić information content (AvgIpc) is 2.36. The first-order valence-electron chi connectivity index (χ1n) is 7.00. The SMILES string of the molecule is CC1CC(C)CC(Oc2cc(C(F)(F)F)cc(NN)n2)C1. The van der Waals surface area contributed by atoms with E-state index in [1.807, 2.05) is 0 Å². The van der Waals surface area contributed by atoms with E-state index in [-0.39, 0.29) is 17.8 Å². The van der Waals surface area contributed by atoms with Gasteiger partial charge in [0.15, 0.2) is 0 Å². The molecule has 0 saturated heterocycles. The smallest absolute Gasteiger partial charge is 0.416 e. The van der Waals surface area contributed by atoms with Gasteiger partial charge in [-0.15, -0.1) is 0 Å². The number of alkyl halides is 3. The third-order valence-electron chi connectivity index (χ3n) is 3.70. The molecule has 7 heteroatoms. The van der Waals surface area contributed by atoms with Crippen molar-refractivity contribution >= 4 is 5.82 Å². The third-order valence-corrected chi connectivity index (χ3v) is 3.70. The van der Waals surface area contributed by atoms with Crippen LogP contribution in [0.15, 0.2) is 12.1 Å². The van der Waals surface area contributed by atoms with Gasteiger partial charge in [-0.25, -0.2) is 5.84 Å². The minimum atomic E-state index is -4.46. The van der Waals surface area contributed by atoms with Crippen molar-refractivity contribution in [1.29, 1.82) is 0 Å². The fraction of sp³-hybridized carbons (Fsp3) is 0.643. The molecule has 0 radical (unpaired) electrons. The molecule has 1 fully saturated rings. The Labute approximate surface area is 121 Å². The van der Waals surface area contributed by atoms with Gasteiger partial charge in [0.25, 0.3) is 0 Å². The molecule has 1 saturated carbocycles. The van der Waals surface area contributed by atoms with Crippen LogP contribution < -0.4 is 16.0 Å². The van der Waals surface area contributed by atoms with Crippen molar-refractivity contribution in [3.05, 3.63) is 17.7 Å². The quantitative estimate of drug-likeness (QED) is 0.662. The molecule has 2 rings (SSSR count). The lowest BCUT2D eigenvalue weighted by Gasteiger charge is -2.31. The Kier molecular flexibility index (Phi) is 4.61. The minimum absolute atomic E-state index is 0.0379. The molecule has 1 aliphatic carbocycles. The number of nitrogens with zero attached hydrogens (tertiary/aromatic N) is 1. The molecule has 0 spiro atoms. The lowest BCUT2D eigenvalue weighted by molar-refractivity contribution is -0.137. The van der Waals surface area contributed by atoms with E-state index in [0.717, 1.165) is 31.4 Å². The van der Waals surface area contributed by atoms with Crippen LogP contribution in [0.25, 0.3) is 0 Å². The van der Waals surface area contributed by atoms with Gasteiger partial charge in [0.1, 0.15) is 11.9 Å². The van der Waals surface area contributed by atoms with Crippen molar-refractivity contribution in [3.8, 4) is 5.88 Å². The van der Waals surface area contributed by atoms with E-state index in [9.17, 15) is 13.2 Å². The zero-order chi connectivity index (χ0) is 15.6. The number of hydrogen-bond donors (Lipinski definition) is 2. The van der Waals surface area contributed by atoms with Crippen LogP contribution in [0.1, 0.15) is 38.7 Å². The standard InChI is InChI=1S/C14H20F3N3O/c1-8-3-9(2)5-11(4-8)21-13-7-10(14(15,16)17)6-12(19-13)20-18/h6-9,11H,3-5,18H2,1-2H3,(H,19,20). The summed E-state index contributed by atoms with van der Waals surface area (Å²) in [4.78, 5) is 3.95. The van der Waals surface area contributed by atoms with Crippen molar-refractivity contribution in [3.63, 3.8) is 0 Å². The maximum Gasteiger partial charge on any atom is 0.416 e. The largest absolute Gasteiger partial charge is 0.474 e. The number of halogens is 3. The zero-order valence-electron chi connectivity index (χ0n) is 12.1. The number of nitrogens with one attached hydrogen (secondary N) is 1. The van der Waals surface area contributed by atoms with E-state index in [1.165, 1.54) is 0 Å². The van der Waals surface area contributed by atoms with Gasteiger partial charge >= 0.3 is 6.18 Å². The number of hydrazine groups is 1. The van der Waals surface area contributed by atoms with E-state index in [1.54, 1.807) is 0 Å². The molecule has 1 aromatic heterocycles. The van der Waals surface area contributed by atoms with Gasteiger partial charge in [-0.05, 0) is 37.2 Å². The number of pyridine rings is 1. The van der Waals surface area contributed by atoms with Crippen LogP contribution in [0.2, 0.25) is 0 Å². The number of hydrogen-bond acceptors (Lipinski definition) is 4. The average molecular weight is 303 g/mol. The van der Waals surface area contributed by atoms with E-state index in [4.69, 9.17) is 10.6 Å². The molecule has 21 heavy (non-hydrogen) atoms. The Morgan fingerprint density at radius 1 is 1.19 bits per heavy atom. The number of ether oxygens (including phenoxy) is 1. The van der Waals surface area contributed by atoms with Gasteiger partial charge in [0.05, 0.1) is 5.56 Å². The van der Waals surface area contributed by atoms with E-state index in [2.05, 4.69) is 24.3 Å². The van der Waals surface area contributed by atoms with Gasteiger partial charge in [-0.1, -0.05) is 13.8 Å². The highest BCUT2D eigenvalue weighted by Crippen LogP contribution is 2.35. The summed E-state index contributed by atoms with van der Waals surface area (Å²) in [5.74, 6) is 6.07. The molecule has 118 valence electrons. The van der Waals surface area contributed by atoms with E-state index < -0.39 is 11.7 Å². The predicted octanol–water partition coefficient (Wildman–Crippen LogP) is 3.59. The second-order valence-corrected chi connectivity index (χ2v) is 5.88. The lowest BCUT2D eigenvalue weighted by atomic mass is 9.82. The van der Waals surface area contributed by atoms with Crippen molar-refractivity contribution in [2.75, 3.05) is 5.43 Å².